The number of hydrogen-bond donors (Lipinski definition) is 1. The van der Waals surface area contributed by atoms with Gasteiger partial charge in [-0.3, -0.25) is 0 Å². The number of hydrogen-bond acceptors (Lipinski definition) is 6. The van der Waals surface area contributed by atoms with Gasteiger partial charge in [-0.1, -0.05) is 0 Å². The maximum Gasteiger partial charge on any atom is 0.317 e. The highest BCUT2D eigenvalue weighted by atomic mass is 32.1. The molecule has 1 aliphatic heterocycles. The van der Waals surface area contributed by atoms with E-state index in [9.17, 15) is 4.79 Å². The molecule has 1 fully saturated rings. The Balaban J connectivity index is 1.41. The number of nitrogens with zero attached hydrogens (tertiary/aromatic N) is 5. The lowest BCUT2D eigenvalue weighted by Crippen LogP contribution is -2.52. The fourth-order valence-corrected chi connectivity index (χ4v) is 3.26. The van der Waals surface area contributed by atoms with Gasteiger partial charge in [0.05, 0.1) is 5.01 Å². The van der Waals surface area contributed by atoms with Gasteiger partial charge < -0.3 is 15.1 Å². The van der Waals surface area contributed by atoms with E-state index >= 15 is 0 Å². The summed E-state index contributed by atoms with van der Waals surface area (Å²) in [4.78, 5) is 30.1. The van der Waals surface area contributed by atoms with Crippen molar-refractivity contribution < 1.29 is 4.79 Å². The summed E-state index contributed by atoms with van der Waals surface area (Å²) >= 11 is 1.68. The number of aromatic nitrogens is 3. The van der Waals surface area contributed by atoms with E-state index in [1.54, 1.807) is 29.8 Å². The second kappa shape index (κ2) is 7.36. The fraction of sp³-hybridized carbons (Fsp3) is 0.467. The molecule has 2 aromatic rings. The number of urea groups is 1. The number of nitrogens with one attached hydrogen (secondary N) is 1. The zero-order valence-corrected chi connectivity index (χ0v) is 13.9. The van der Waals surface area contributed by atoms with Gasteiger partial charge in [-0.2, -0.15) is 0 Å². The van der Waals surface area contributed by atoms with Gasteiger partial charge in [-0.25, -0.2) is 19.7 Å². The molecule has 0 unspecified atom stereocenters. The van der Waals surface area contributed by atoms with Gasteiger partial charge in [0.2, 0.25) is 5.95 Å². The lowest BCUT2D eigenvalue weighted by atomic mass is 10.3. The maximum absolute atomic E-state index is 12.2. The highest BCUT2D eigenvalue weighted by Gasteiger charge is 2.22. The average Bonchev–Trinajstić information content (AvgIpc) is 3.01. The molecule has 122 valence electrons. The van der Waals surface area contributed by atoms with E-state index in [2.05, 4.69) is 25.2 Å². The minimum absolute atomic E-state index is 0.00749. The normalized spacial score (nSPS) is 14.8. The minimum Gasteiger partial charge on any atom is -0.338 e. The van der Waals surface area contributed by atoms with Gasteiger partial charge in [0.25, 0.3) is 0 Å². The molecule has 7 nitrogen and oxygen atoms in total. The van der Waals surface area contributed by atoms with Crippen molar-refractivity contribution in [2.45, 2.75) is 13.3 Å². The lowest BCUT2D eigenvalue weighted by molar-refractivity contribution is 0.194. The van der Waals surface area contributed by atoms with Crippen LogP contribution in [0.5, 0.6) is 0 Å². The van der Waals surface area contributed by atoms with E-state index in [-0.39, 0.29) is 6.03 Å². The third-order valence-corrected chi connectivity index (χ3v) is 4.66. The van der Waals surface area contributed by atoms with Crippen molar-refractivity contribution in [1.82, 2.24) is 25.2 Å². The first-order valence-electron chi connectivity index (χ1n) is 7.68. The molecule has 0 aliphatic carbocycles. The molecule has 8 heteroatoms. The largest absolute Gasteiger partial charge is 0.338 e. The van der Waals surface area contributed by atoms with E-state index in [0.29, 0.717) is 19.6 Å². The highest BCUT2D eigenvalue weighted by Crippen LogP contribution is 2.12. The van der Waals surface area contributed by atoms with Crippen LogP contribution >= 0.6 is 11.3 Å². The SMILES string of the molecule is Cc1cnc(CCNC(=O)N2CCN(c3ncccn3)CC2)s1. The summed E-state index contributed by atoms with van der Waals surface area (Å²) in [5.74, 6) is 0.728. The van der Waals surface area contributed by atoms with Gasteiger partial charge in [-0.15, -0.1) is 11.3 Å². The quantitative estimate of drug-likeness (QED) is 0.914. The fourth-order valence-electron chi connectivity index (χ4n) is 2.47. The first-order chi connectivity index (χ1) is 11.2. The number of piperazine rings is 1. The summed E-state index contributed by atoms with van der Waals surface area (Å²) in [5.41, 5.74) is 0. The Bertz CT molecular complexity index is 638. The number of carbonyl (C=O) groups excluding carboxylic acids is 1. The highest BCUT2D eigenvalue weighted by molar-refractivity contribution is 7.11. The van der Waals surface area contributed by atoms with E-state index in [1.165, 1.54) is 4.88 Å². The zero-order chi connectivity index (χ0) is 16.1. The number of amides is 2. The molecule has 0 aromatic carbocycles. The third kappa shape index (κ3) is 4.16. The Morgan fingerprint density at radius 2 is 1.96 bits per heavy atom. The lowest BCUT2D eigenvalue weighted by Gasteiger charge is -2.34. The van der Waals surface area contributed by atoms with Gasteiger partial charge >= 0.3 is 6.03 Å². The second-order valence-corrected chi connectivity index (χ2v) is 6.69. The van der Waals surface area contributed by atoms with Crippen molar-refractivity contribution in [3.8, 4) is 0 Å². The van der Waals surface area contributed by atoms with Crippen LogP contribution in [0.2, 0.25) is 0 Å². The van der Waals surface area contributed by atoms with Crippen LogP contribution in [0, 0.1) is 6.92 Å². The smallest absolute Gasteiger partial charge is 0.317 e. The maximum atomic E-state index is 12.2. The first-order valence-corrected chi connectivity index (χ1v) is 8.50. The van der Waals surface area contributed by atoms with Crippen LogP contribution in [0.15, 0.2) is 24.7 Å². The molecule has 2 amide bonds. The first kappa shape index (κ1) is 15.7. The second-order valence-electron chi connectivity index (χ2n) is 5.37. The van der Waals surface area contributed by atoms with Gasteiger partial charge in [0.1, 0.15) is 0 Å². The van der Waals surface area contributed by atoms with Gasteiger partial charge in [0.15, 0.2) is 0 Å². The number of carbonyl (C=O) groups is 1. The number of aryl methyl sites for hydroxylation is 1. The topological polar surface area (TPSA) is 74.2 Å². The van der Waals surface area contributed by atoms with Crippen LogP contribution in [-0.2, 0) is 6.42 Å². The van der Waals surface area contributed by atoms with Crippen molar-refractivity contribution >= 4 is 23.3 Å². The van der Waals surface area contributed by atoms with E-state index < -0.39 is 0 Å². The molecular weight excluding hydrogens is 312 g/mol. The molecule has 0 radical (unpaired) electrons. The number of thiazole rings is 1. The van der Waals surface area contributed by atoms with Crippen molar-refractivity contribution in [1.29, 1.82) is 0 Å². The standard InChI is InChI=1S/C15H20N6OS/c1-12-11-19-13(23-12)3-6-18-15(22)21-9-7-20(8-10-21)14-16-4-2-5-17-14/h2,4-5,11H,3,6-10H2,1H3,(H,18,22). The summed E-state index contributed by atoms with van der Waals surface area (Å²) < 4.78 is 0. The van der Waals surface area contributed by atoms with E-state index in [4.69, 9.17) is 0 Å². The Labute approximate surface area is 139 Å². The Hall–Kier alpha value is -2.22. The molecular formula is C15H20N6OS. The summed E-state index contributed by atoms with van der Waals surface area (Å²) in [7, 11) is 0. The average molecular weight is 332 g/mol. The predicted octanol–water partition coefficient (Wildman–Crippen LogP) is 1.32. The van der Waals surface area contributed by atoms with E-state index in [0.717, 1.165) is 30.5 Å². The van der Waals surface area contributed by atoms with Crippen LogP contribution in [0.25, 0.3) is 0 Å². The Morgan fingerprint density at radius 1 is 1.22 bits per heavy atom. The molecule has 1 saturated heterocycles. The van der Waals surface area contributed by atoms with Gasteiger partial charge in [-0.05, 0) is 13.0 Å². The molecule has 0 saturated carbocycles. The number of rotatable bonds is 4. The Morgan fingerprint density at radius 3 is 2.61 bits per heavy atom. The minimum atomic E-state index is -0.00749. The monoisotopic (exact) mass is 332 g/mol. The van der Waals surface area contributed by atoms with Crippen LogP contribution in [-0.4, -0.2) is 58.6 Å². The van der Waals surface area contributed by atoms with Crippen LogP contribution in [0.3, 0.4) is 0 Å². The van der Waals surface area contributed by atoms with Crippen molar-refractivity contribution in [2.24, 2.45) is 0 Å². The molecule has 2 aromatic heterocycles. The summed E-state index contributed by atoms with van der Waals surface area (Å²) in [6.07, 6.45) is 6.12. The van der Waals surface area contributed by atoms with Crippen molar-refractivity contribution in [3.63, 3.8) is 0 Å². The molecule has 0 atom stereocenters. The Kier molecular flexibility index (Phi) is 5.02. The molecule has 23 heavy (non-hydrogen) atoms. The molecule has 1 aliphatic rings. The van der Waals surface area contributed by atoms with Crippen LogP contribution in [0.1, 0.15) is 9.88 Å². The number of anilines is 1. The summed E-state index contributed by atoms with van der Waals surface area (Å²) in [6, 6.07) is 1.80. The third-order valence-electron chi connectivity index (χ3n) is 3.69. The summed E-state index contributed by atoms with van der Waals surface area (Å²) in [5, 5.41) is 4.03. The van der Waals surface area contributed by atoms with Crippen molar-refractivity contribution in [2.75, 3.05) is 37.6 Å². The van der Waals surface area contributed by atoms with Crippen LogP contribution in [0.4, 0.5) is 10.7 Å². The molecule has 0 spiro atoms. The molecule has 3 heterocycles. The molecule has 0 bridgehead atoms. The van der Waals surface area contributed by atoms with Gasteiger partial charge in [0, 0.05) is 62.6 Å². The summed E-state index contributed by atoms with van der Waals surface area (Å²) in [6.45, 7) is 5.52. The van der Waals surface area contributed by atoms with Crippen molar-refractivity contribution in [3.05, 3.63) is 34.5 Å². The predicted molar refractivity (Wildman–Crippen MR) is 89.8 cm³/mol. The zero-order valence-electron chi connectivity index (χ0n) is 13.1. The van der Waals surface area contributed by atoms with E-state index in [1.807, 2.05) is 18.0 Å². The van der Waals surface area contributed by atoms with Crippen LogP contribution < -0.4 is 10.2 Å². The molecule has 1 N–H and O–H groups in total. The molecule has 3 rings (SSSR count).